The molecule has 0 aliphatic carbocycles. The van der Waals surface area contributed by atoms with Gasteiger partial charge in [0.1, 0.15) is 0 Å². The van der Waals surface area contributed by atoms with Gasteiger partial charge in [0, 0.05) is 25.7 Å². The van der Waals surface area contributed by atoms with Crippen LogP contribution in [0.4, 0.5) is 0 Å². The van der Waals surface area contributed by atoms with E-state index in [0.29, 0.717) is 13.2 Å². The number of amides is 1. The predicted molar refractivity (Wildman–Crippen MR) is 102 cm³/mol. The van der Waals surface area contributed by atoms with Gasteiger partial charge in [-0.1, -0.05) is 37.3 Å². The van der Waals surface area contributed by atoms with Gasteiger partial charge in [-0.2, -0.15) is 0 Å². The summed E-state index contributed by atoms with van der Waals surface area (Å²) in [6.45, 7) is 8.26. The number of benzene rings is 1. The molecule has 1 fully saturated rings. The van der Waals surface area contributed by atoms with Crippen molar-refractivity contribution < 1.29 is 14.3 Å². The summed E-state index contributed by atoms with van der Waals surface area (Å²) in [7, 11) is 0. The molecular formula is C20H31N3O3. The Balaban J connectivity index is 1.87. The van der Waals surface area contributed by atoms with Crippen LogP contribution in [0.25, 0.3) is 0 Å². The first-order valence-corrected chi connectivity index (χ1v) is 9.54. The highest BCUT2D eigenvalue weighted by atomic mass is 16.5. The van der Waals surface area contributed by atoms with E-state index in [-0.39, 0.29) is 31.0 Å². The molecule has 1 aliphatic rings. The normalized spacial score (nSPS) is 15.8. The number of piperidine rings is 1. The summed E-state index contributed by atoms with van der Waals surface area (Å²) >= 11 is 0. The maximum atomic E-state index is 12.5. The third-order valence-electron chi connectivity index (χ3n) is 4.67. The molecule has 6 nitrogen and oxygen atoms in total. The fourth-order valence-corrected chi connectivity index (χ4v) is 3.27. The number of esters is 1. The Morgan fingerprint density at radius 1 is 1.15 bits per heavy atom. The van der Waals surface area contributed by atoms with Crippen LogP contribution in [0.1, 0.15) is 32.3 Å². The van der Waals surface area contributed by atoms with Crippen molar-refractivity contribution in [1.29, 1.82) is 0 Å². The molecule has 0 aromatic heterocycles. The molecule has 1 saturated heterocycles. The van der Waals surface area contributed by atoms with Crippen molar-refractivity contribution in [2.24, 2.45) is 0 Å². The summed E-state index contributed by atoms with van der Waals surface area (Å²) in [5.74, 6) is -0.326. The molecule has 1 aliphatic heterocycles. The Labute approximate surface area is 156 Å². The van der Waals surface area contributed by atoms with Gasteiger partial charge in [-0.25, -0.2) is 0 Å². The lowest BCUT2D eigenvalue weighted by Crippen LogP contribution is -2.48. The number of carbonyl (C=O) groups is 2. The summed E-state index contributed by atoms with van der Waals surface area (Å²) in [4.78, 5) is 28.6. The van der Waals surface area contributed by atoms with E-state index in [4.69, 9.17) is 4.74 Å². The van der Waals surface area contributed by atoms with Crippen molar-refractivity contribution >= 4 is 11.9 Å². The summed E-state index contributed by atoms with van der Waals surface area (Å²) in [5, 5.41) is 3.13. The van der Waals surface area contributed by atoms with Crippen LogP contribution in [0, 0.1) is 0 Å². The third-order valence-corrected chi connectivity index (χ3v) is 4.67. The first kappa shape index (κ1) is 20.4. The first-order chi connectivity index (χ1) is 12.6. The molecule has 1 amide bonds. The molecule has 2 rings (SSSR count). The molecule has 26 heavy (non-hydrogen) atoms. The van der Waals surface area contributed by atoms with Crippen LogP contribution in [0.5, 0.6) is 0 Å². The second kappa shape index (κ2) is 10.9. The van der Waals surface area contributed by atoms with Crippen LogP contribution in [0.3, 0.4) is 0 Å². The number of nitrogens with one attached hydrogen (secondary N) is 1. The van der Waals surface area contributed by atoms with Crippen LogP contribution in [-0.4, -0.2) is 67.0 Å². The number of likely N-dealkylation sites (tertiary alicyclic amines) is 1. The zero-order valence-corrected chi connectivity index (χ0v) is 15.9. The van der Waals surface area contributed by atoms with E-state index in [9.17, 15) is 9.59 Å². The van der Waals surface area contributed by atoms with Crippen LogP contribution in [0.15, 0.2) is 30.3 Å². The molecule has 0 unspecified atom stereocenters. The summed E-state index contributed by atoms with van der Waals surface area (Å²) in [6, 6.07) is 10.1. The number of hydrogen-bond acceptors (Lipinski definition) is 5. The van der Waals surface area contributed by atoms with Crippen molar-refractivity contribution in [3.63, 3.8) is 0 Å². The Morgan fingerprint density at radius 3 is 2.46 bits per heavy atom. The van der Waals surface area contributed by atoms with Gasteiger partial charge in [0.05, 0.1) is 19.7 Å². The number of rotatable bonds is 9. The quantitative estimate of drug-likeness (QED) is 0.678. The van der Waals surface area contributed by atoms with E-state index in [1.54, 1.807) is 6.92 Å². The Morgan fingerprint density at radius 2 is 1.85 bits per heavy atom. The smallest absolute Gasteiger partial charge is 0.320 e. The highest BCUT2D eigenvalue weighted by Crippen LogP contribution is 2.10. The molecule has 1 heterocycles. The number of carbonyl (C=O) groups excluding carboxylic acids is 2. The number of ether oxygens (including phenoxy) is 1. The van der Waals surface area contributed by atoms with Crippen molar-refractivity contribution in [3.8, 4) is 0 Å². The molecule has 6 heteroatoms. The molecule has 144 valence electrons. The second-order valence-electron chi connectivity index (χ2n) is 6.71. The van der Waals surface area contributed by atoms with E-state index in [1.165, 1.54) is 0 Å². The minimum atomic E-state index is -0.299. The van der Waals surface area contributed by atoms with Crippen molar-refractivity contribution in [1.82, 2.24) is 15.1 Å². The van der Waals surface area contributed by atoms with Crippen LogP contribution in [0.2, 0.25) is 0 Å². The highest BCUT2D eigenvalue weighted by molar-refractivity contribution is 5.79. The molecule has 0 atom stereocenters. The average molecular weight is 361 g/mol. The molecule has 1 aromatic rings. The van der Waals surface area contributed by atoms with Crippen molar-refractivity contribution in [2.75, 3.05) is 39.3 Å². The first-order valence-electron chi connectivity index (χ1n) is 9.54. The Kier molecular flexibility index (Phi) is 8.58. The molecular weight excluding hydrogens is 330 g/mol. The summed E-state index contributed by atoms with van der Waals surface area (Å²) < 4.78 is 5.05. The standard InChI is InChI=1S/C20H31N3O3/c1-3-22-12-10-18(11-13-22)21-19(24)15-23(16-20(25)26-4-2)14-17-8-6-5-7-9-17/h5-9,18H,3-4,10-16H2,1-2H3,(H,21,24). The zero-order chi connectivity index (χ0) is 18.8. The second-order valence-corrected chi connectivity index (χ2v) is 6.71. The number of hydrogen-bond donors (Lipinski definition) is 1. The molecule has 0 spiro atoms. The van der Waals surface area contributed by atoms with Gasteiger partial charge >= 0.3 is 5.97 Å². The predicted octanol–water partition coefficient (Wildman–Crippen LogP) is 1.65. The minimum Gasteiger partial charge on any atom is -0.465 e. The van der Waals surface area contributed by atoms with Gasteiger partial charge in [0.15, 0.2) is 0 Å². The molecule has 0 saturated carbocycles. The number of nitrogens with zero attached hydrogens (tertiary/aromatic N) is 2. The Bertz CT molecular complexity index is 557. The lowest BCUT2D eigenvalue weighted by Gasteiger charge is -2.32. The van der Waals surface area contributed by atoms with Gasteiger partial charge in [-0.15, -0.1) is 0 Å². The van der Waals surface area contributed by atoms with E-state index < -0.39 is 0 Å². The average Bonchev–Trinajstić information content (AvgIpc) is 2.63. The van der Waals surface area contributed by atoms with E-state index in [1.807, 2.05) is 35.2 Å². The van der Waals surface area contributed by atoms with E-state index >= 15 is 0 Å². The maximum absolute atomic E-state index is 12.5. The van der Waals surface area contributed by atoms with Crippen LogP contribution in [-0.2, 0) is 20.9 Å². The van der Waals surface area contributed by atoms with E-state index in [2.05, 4.69) is 17.1 Å². The Hall–Kier alpha value is -1.92. The van der Waals surface area contributed by atoms with Crippen molar-refractivity contribution in [3.05, 3.63) is 35.9 Å². The third kappa shape index (κ3) is 7.14. The topological polar surface area (TPSA) is 61.9 Å². The zero-order valence-electron chi connectivity index (χ0n) is 15.9. The molecule has 0 bridgehead atoms. The molecule has 1 N–H and O–H groups in total. The lowest BCUT2D eigenvalue weighted by molar-refractivity contribution is -0.144. The minimum absolute atomic E-state index is 0.0276. The van der Waals surface area contributed by atoms with Crippen molar-refractivity contribution in [2.45, 2.75) is 39.3 Å². The lowest BCUT2D eigenvalue weighted by atomic mass is 10.1. The van der Waals surface area contributed by atoms with Crippen LogP contribution < -0.4 is 5.32 Å². The van der Waals surface area contributed by atoms with Gasteiger partial charge in [0.25, 0.3) is 0 Å². The molecule has 1 aromatic carbocycles. The molecule has 0 radical (unpaired) electrons. The van der Waals surface area contributed by atoms with Gasteiger partial charge in [-0.3, -0.25) is 14.5 Å². The monoisotopic (exact) mass is 361 g/mol. The summed E-state index contributed by atoms with van der Waals surface area (Å²) in [5.41, 5.74) is 1.07. The fraction of sp³-hybridized carbons (Fsp3) is 0.600. The van der Waals surface area contributed by atoms with Crippen LogP contribution >= 0.6 is 0 Å². The SMILES string of the molecule is CCOC(=O)CN(CC(=O)NC1CCN(CC)CC1)Cc1ccccc1. The van der Waals surface area contributed by atoms with Gasteiger partial charge in [0.2, 0.25) is 5.91 Å². The fourth-order valence-electron chi connectivity index (χ4n) is 3.27. The maximum Gasteiger partial charge on any atom is 0.320 e. The summed E-state index contributed by atoms with van der Waals surface area (Å²) in [6.07, 6.45) is 1.96. The largest absolute Gasteiger partial charge is 0.465 e. The highest BCUT2D eigenvalue weighted by Gasteiger charge is 2.21. The van der Waals surface area contributed by atoms with E-state index in [0.717, 1.165) is 38.0 Å². The van der Waals surface area contributed by atoms with Gasteiger partial charge < -0.3 is 15.0 Å². The van der Waals surface area contributed by atoms with Gasteiger partial charge in [-0.05, 0) is 31.9 Å².